The summed E-state index contributed by atoms with van der Waals surface area (Å²) < 4.78 is 33.7. The van der Waals surface area contributed by atoms with Crippen molar-refractivity contribution in [2.45, 2.75) is 32.2 Å². The van der Waals surface area contributed by atoms with Gasteiger partial charge in [0, 0.05) is 29.6 Å². The van der Waals surface area contributed by atoms with Crippen molar-refractivity contribution >= 4 is 21.6 Å². The maximum Gasteiger partial charge on any atom is 0.261 e. The zero-order chi connectivity index (χ0) is 22.4. The van der Waals surface area contributed by atoms with Crippen molar-refractivity contribution in [1.29, 1.82) is 0 Å². The molecule has 0 radical (unpaired) electrons. The number of hydrogen-bond donors (Lipinski definition) is 2. The minimum atomic E-state index is -3.84. The van der Waals surface area contributed by atoms with Crippen molar-refractivity contribution in [2.24, 2.45) is 0 Å². The van der Waals surface area contributed by atoms with Crippen LogP contribution in [0.3, 0.4) is 0 Å². The molecular weight excluding hydrogens is 414 g/mol. The molecule has 31 heavy (non-hydrogen) atoms. The van der Waals surface area contributed by atoms with Gasteiger partial charge in [-0.3, -0.25) is 9.52 Å². The molecule has 0 aliphatic carbocycles. The predicted molar refractivity (Wildman–Crippen MR) is 120 cm³/mol. The van der Waals surface area contributed by atoms with Crippen LogP contribution < -0.4 is 14.8 Å². The Bertz CT molecular complexity index is 1190. The number of amides is 1. The minimum absolute atomic E-state index is 0.0149. The van der Waals surface area contributed by atoms with E-state index in [0.717, 1.165) is 11.1 Å². The van der Waals surface area contributed by atoms with Gasteiger partial charge in [0.25, 0.3) is 15.9 Å². The molecule has 0 bridgehead atoms. The summed E-state index contributed by atoms with van der Waals surface area (Å²) in [5.74, 6) is 0.0807. The topological polar surface area (TPSA) is 97.4 Å². The van der Waals surface area contributed by atoms with E-state index in [1.165, 1.54) is 12.1 Å². The van der Waals surface area contributed by atoms with Crippen molar-refractivity contribution in [2.75, 3.05) is 11.3 Å². The summed E-state index contributed by atoms with van der Waals surface area (Å²) >= 11 is 0. The van der Waals surface area contributed by atoms with Gasteiger partial charge in [-0.2, -0.15) is 0 Å². The van der Waals surface area contributed by atoms with Gasteiger partial charge < -0.3 is 10.1 Å². The number of carbonyl (C=O) groups is 1. The number of pyridine rings is 1. The summed E-state index contributed by atoms with van der Waals surface area (Å²) in [4.78, 5) is 17.0. The van der Waals surface area contributed by atoms with Crippen LogP contribution in [0.2, 0.25) is 0 Å². The molecule has 1 amide bonds. The van der Waals surface area contributed by atoms with Crippen LogP contribution in [0, 0.1) is 13.8 Å². The Hall–Kier alpha value is -3.39. The smallest absolute Gasteiger partial charge is 0.261 e. The second-order valence-electron chi connectivity index (χ2n) is 7.04. The fourth-order valence-corrected chi connectivity index (χ4v) is 4.11. The van der Waals surface area contributed by atoms with Crippen LogP contribution >= 0.6 is 0 Å². The Labute approximate surface area is 182 Å². The Kier molecular flexibility index (Phi) is 6.91. The number of hydrogen-bond acceptors (Lipinski definition) is 5. The van der Waals surface area contributed by atoms with E-state index in [9.17, 15) is 13.2 Å². The molecule has 0 atom stereocenters. The second kappa shape index (κ2) is 9.61. The molecule has 0 saturated heterocycles. The molecule has 0 aliphatic rings. The maximum atomic E-state index is 12.8. The van der Waals surface area contributed by atoms with Crippen molar-refractivity contribution in [3.63, 3.8) is 0 Å². The van der Waals surface area contributed by atoms with Crippen LogP contribution in [0.15, 0.2) is 65.7 Å². The number of aryl methyl sites for hydroxylation is 2. The average molecular weight is 440 g/mol. The molecule has 0 aliphatic heterocycles. The second-order valence-corrected chi connectivity index (χ2v) is 8.72. The minimum Gasteiger partial charge on any atom is -0.478 e. The molecule has 3 rings (SSSR count). The molecule has 0 fully saturated rings. The van der Waals surface area contributed by atoms with Crippen LogP contribution in [0.25, 0.3) is 0 Å². The van der Waals surface area contributed by atoms with Gasteiger partial charge >= 0.3 is 0 Å². The first kappa shape index (κ1) is 22.3. The lowest BCUT2D eigenvalue weighted by molar-refractivity contribution is 0.0949. The van der Waals surface area contributed by atoms with Crippen LogP contribution in [0.1, 0.15) is 34.0 Å². The van der Waals surface area contributed by atoms with Gasteiger partial charge in [0.15, 0.2) is 0 Å². The summed E-state index contributed by atoms with van der Waals surface area (Å²) in [5.41, 5.74) is 3.09. The van der Waals surface area contributed by atoms with E-state index in [0.29, 0.717) is 23.7 Å². The highest BCUT2D eigenvalue weighted by atomic mass is 32.2. The first-order valence-electron chi connectivity index (χ1n) is 9.85. The van der Waals surface area contributed by atoms with Crippen molar-refractivity contribution in [1.82, 2.24) is 10.3 Å². The highest BCUT2D eigenvalue weighted by Crippen LogP contribution is 2.20. The number of rotatable bonds is 8. The van der Waals surface area contributed by atoms with E-state index in [2.05, 4.69) is 15.0 Å². The van der Waals surface area contributed by atoms with Gasteiger partial charge in [0.2, 0.25) is 5.88 Å². The zero-order valence-corrected chi connectivity index (χ0v) is 18.5. The summed E-state index contributed by atoms with van der Waals surface area (Å²) in [5, 5.41) is 2.82. The molecule has 162 valence electrons. The van der Waals surface area contributed by atoms with E-state index in [1.54, 1.807) is 43.5 Å². The van der Waals surface area contributed by atoms with E-state index >= 15 is 0 Å². The molecule has 1 heterocycles. The first-order valence-corrected chi connectivity index (χ1v) is 11.3. The molecule has 2 N–H and O–H groups in total. The summed E-state index contributed by atoms with van der Waals surface area (Å²) in [6.45, 7) is 6.17. The fraction of sp³-hybridized carbons (Fsp3) is 0.217. The van der Waals surface area contributed by atoms with E-state index in [-0.39, 0.29) is 22.9 Å². The lowest BCUT2D eigenvalue weighted by Gasteiger charge is -2.13. The van der Waals surface area contributed by atoms with Gasteiger partial charge in [0.1, 0.15) is 0 Å². The zero-order valence-electron chi connectivity index (χ0n) is 17.7. The number of nitrogens with one attached hydrogen (secondary N) is 2. The molecule has 8 heteroatoms. The number of sulfonamides is 1. The Morgan fingerprint density at radius 2 is 1.87 bits per heavy atom. The van der Waals surface area contributed by atoms with Gasteiger partial charge in [-0.15, -0.1) is 0 Å². The number of anilines is 1. The van der Waals surface area contributed by atoms with Crippen LogP contribution in [0.4, 0.5) is 5.69 Å². The normalized spacial score (nSPS) is 11.1. The fourth-order valence-electron chi connectivity index (χ4n) is 3.03. The molecule has 0 saturated carbocycles. The van der Waals surface area contributed by atoms with Crippen molar-refractivity contribution in [3.8, 4) is 5.88 Å². The monoisotopic (exact) mass is 439 g/mol. The number of nitrogens with zero attached hydrogens (tertiary/aromatic N) is 1. The summed E-state index contributed by atoms with van der Waals surface area (Å²) in [6.07, 6.45) is 1.62. The largest absolute Gasteiger partial charge is 0.478 e. The maximum absolute atomic E-state index is 12.8. The van der Waals surface area contributed by atoms with Gasteiger partial charge in [-0.1, -0.05) is 24.3 Å². The van der Waals surface area contributed by atoms with Gasteiger partial charge in [-0.25, -0.2) is 13.4 Å². The molecule has 2 aromatic carbocycles. The lowest BCUT2D eigenvalue weighted by Crippen LogP contribution is -2.24. The Morgan fingerprint density at radius 1 is 1.06 bits per heavy atom. The third-order valence-corrected chi connectivity index (χ3v) is 5.98. The molecule has 0 spiro atoms. The third-order valence-electron chi connectivity index (χ3n) is 4.60. The number of benzene rings is 2. The van der Waals surface area contributed by atoms with Crippen molar-refractivity contribution in [3.05, 3.63) is 83.0 Å². The quantitative estimate of drug-likeness (QED) is 0.556. The molecule has 3 aromatic rings. The molecular formula is C23H25N3O4S. The molecule has 0 unspecified atom stereocenters. The van der Waals surface area contributed by atoms with Crippen LogP contribution in [0.5, 0.6) is 5.88 Å². The Morgan fingerprint density at radius 3 is 2.61 bits per heavy atom. The van der Waals surface area contributed by atoms with E-state index in [1.807, 2.05) is 26.0 Å². The Balaban J connectivity index is 1.79. The number of ether oxygens (including phenoxy) is 1. The third kappa shape index (κ3) is 5.61. The predicted octanol–water partition coefficient (Wildman–Crippen LogP) is 3.83. The first-order chi connectivity index (χ1) is 14.8. The standard InChI is InChI=1S/C23H25N3O4S/c1-4-30-23-18(8-6-12-24-23)15-25-22(27)21-14-20(11-10-17(21)3)31(28,29)26-19-9-5-7-16(2)13-19/h5-14,26H,4,15H2,1-3H3,(H,25,27). The molecule has 7 nitrogen and oxygen atoms in total. The van der Waals surface area contributed by atoms with Gasteiger partial charge in [0.05, 0.1) is 11.5 Å². The van der Waals surface area contributed by atoms with E-state index < -0.39 is 10.0 Å². The lowest BCUT2D eigenvalue weighted by atomic mass is 10.1. The average Bonchev–Trinajstić information content (AvgIpc) is 2.73. The van der Waals surface area contributed by atoms with Gasteiger partial charge in [-0.05, 0) is 62.2 Å². The van der Waals surface area contributed by atoms with Crippen LogP contribution in [-0.4, -0.2) is 25.9 Å². The summed E-state index contributed by atoms with van der Waals surface area (Å²) in [7, 11) is -3.84. The summed E-state index contributed by atoms with van der Waals surface area (Å²) in [6, 6.07) is 15.1. The van der Waals surface area contributed by atoms with E-state index in [4.69, 9.17) is 4.74 Å². The highest BCUT2D eigenvalue weighted by Gasteiger charge is 2.19. The number of aromatic nitrogens is 1. The highest BCUT2D eigenvalue weighted by molar-refractivity contribution is 7.92. The molecule has 1 aromatic heterocycles. The van der Waals surface area contributed by atoms with Crippen molar-refractivity contribution < 1.29 is 17.9 Å². The van der Waals surface area contributed by atoms with Crippen LogP contribution in [-0.2, 0) is 16.6 Å². The number of carbonyl (C=O) groups excluding carboxylic acids is 1. The SMILES string of the molecule is CCOc1ncccc1CNC(=O)c1cc(S(=O)(=O)Nc2cccc(C)c2)ccc1C.